The Morgan fingerprint density at radius 2 is 0.810 bits per heavy atom. The highest BCUT2D eigenvalue weighted by atomic mass is 16.3. The molecule has 0 spiro atoms. The highest BCUT2D eigenvalue weighted by Crippen LogP contribution is 2.46. The van der Waals surface area contributed by atoms with Gasteiger partial charge >= 0.3 is 0 Å². The number of fused-ring (bicyclic) bond motifs is 10. The van der Waals surface area contributed by atoms with Crippen LogP contribution in [0.25, 0.3) is 99.2 Å². The summed E-state index contributed by atoms with van der Waals surface area (Å²) in [5.41, 5.74) is 14.8. The minimum atomic E-state index is 0.810. The Bertz CT molecular complexity index is 3480. The lowest BCUT2D eigenvalue weighted by molar-refractivity contribution is 0.663. The maximum atomic E-state index is 6.96. The fourth-order valence-electron chi connectivity index (χ4n) is 8.80. The van der Waals surface area contributed by atoms with Gasteiger partial charge in [0, 0.05) is 43.9 Å². The minimum Gasteiger partial charge on any atom is -0.456 e. The molecule has 0 unspecified atom stereocenters. The number of hydrogen-bond donors (Lipinski definition) is 0. The van der Waals surface area contributed by atoms with Crippen molar-refractivity contribution < 1.29 is 13.3 Å². The van der Waals surface area contributed by atoms with Crippen molar-refractivity contribution in [1.29, 1.82) is 0 Å². The molecule has 0 amide bonds. The molecule has 4 nitrogen and oxygen atoms in total. The molecule has 58 heavy (non-hydrogen) atoms. The molecule has 0 aliphatic heterocycles. The molecule has 9 aromatic carbocycles. The molecule has 0 aliphatic rings. The topological polar surface area (TPSA) is 42.7 Å². The van der Waals surface area contributed by atoms with Crippen LogP contribution in [0.3, 0.4) is 0 Å². The smallest absolute Gasteiger partial charge is 0.159 e. The van der Waals surface area contributed by atoms with E-state index in [2.05, 4.69) is 181 Å². The first-order valence-electron chi connectivity index (χ1n) is 19.6. The van der Waals surface area contributed by atoms with Crippen molar-refractivity contribution in [1.82, 2.24) is 0 Å². The molecule has 3 aromatic heterocycles. The molecular formula is C54H33NO3. The van der Waals surface area contributed by atoms with E-state index in [1.807, 2.05) is 24.3 Å². The normalized spacial score (nSPS) is 11.8. The predicted molar refractivity (Wildman–Crippen MR) is 239 cm³/mol. The number of para-hydroxylation sites is 3. The van der Waals surface area contributed by atoms with Gasteiger partial charge in [0.25, 0.3) is 0 Å². The fraction of sp³-hybridized carbons (Fsp3) is 0. The van der Waals surface area contributed by atoms with Gasteiger partial charge in [-0.3, -0.25) is 0 Å². The van der Waals surface area contributed by atoms with E-state index in [9.17, 15) is 0 Å². The Morgan fingerprint density at radius 3 is 1.59 bits per heavy atom. The Labute approximate surface area is 333 Å². The molecule has 12 rings (SSSR count). The van der Waals surface area contributed by atoms with Gasteiger partial charge in [-0.25, -0.2) is 0 Å². The standard InChI is InChI=1S/C54H33NO3/c1-3-12-34(13-4-1)35-24-28-38(29-25-35)55(46-21-10-20-44-43-19-9-18-41(52(43)58-53(44)46)36-14-5-2-6-15-36)39-30-26-37(27-31-39)40-17-11-23-48-50(40)51-49(56-48)33-32-45-42-16-7-8-22-47(42)57-54(45)51/h1-33H. The molecule has 0 saturated heterocycles. The number of rotatable bonds is 6. The van der Waals surface area contributed by atoms with Gasteiger partial charge in [0.2, 0.25) is 0 Å². The van der Waals surface area contributed by atoms with Crippen LogP contribution < -0.4 is 4.90 Å². The van der Waals surface area contributed by atoms with Crippen LogP contribution in [0.5, 0.6) is 0 Å². The predicted octanol–water partition coefficient (Wildman–Crippen LogP) is 15.9. The Hall–Kier alpha value is -7.82. The second-order valence-electron chi connectivity index (χ2n) is 14.8. The third-order valence-electron chi connectivity index (χ3n) is 11.5. The Morgan fingerprint density at radius 1 is 0.276 bits per heavy atom. The molecule has 0 bridgehead atoms. The molecule has 0 saturated carbocycles. The van der Waals surface area contributed by atoms with E-state index in [4.69, 9.17) is 13.3 Å². The summed E-state index contributed by atoms with van der Waals surface area (Å²) in [6.07, 6.45) is 0. The van der Waals surface area contributed by atoms with Crippen molar-refractivity contribution in [3.63, 3.8) is 0 Å². The van der Waals surface area contributed by atoms with Crippen LogP contribution >= 0.6 is 0 Å². The maximum absolute atomic E-state index is 6.96. The molecule has 0 atom stereocenters. The molecule has 4 heteroatoms. The monoisotopic (exact) mass is 743 g/mol. The second-order valence-corrected chi connectivity index (χ2v) is 14.8. The Kier molecular flexibility index (Phi) is 7.20. The lowest BCUT2D eigenvalue weighted by Gasteiger charge is -2.26. The van der Waals surface area contributed by atoms with Crippen LogP contribution in [0.15, 0.2) is 213 Å². The van der Waals surface area contributed by atoms with Crippen molar-refractivity contribution >= 4 is 82.9 Å². The zero-order valence-corrected chi connectivity index (χ0v) is 31.2. The van der Waals surface area contributed by atoms with E-state index in [1.54, 1.807) is 0 Å². The van der Waals surface area contributed by atoms with Crippen molar-refractivity contribution in [2.45, 2.75) is 0 Å². The summed E-state index contributed by atoms with van der Waals surface area (Å²) in [6.45, 7) is 0. The van der Waals surface area contributed by atoms with Crippen molar-refractivity contribution in [2.75, 3.05) is 4.90 Å². The van der Waals surface area contributed by atoms with E-state index < -0.39 is 0 Å². The van der Waals surface area contributed by atoms with Gasteiger partial charge < -0.3 is 18.2 Å². The third kappa shape index (κ3) is 5.02. The van der Waals surface area contributed by atoms with Gasteiger partial charge in [-0.1, -0.05) is 146 Å². The average molecular weight is 744 g/mol. The zero-order chi connectivity index (χ0) is 38.2. The fourth-order valence-corrected chi connectivity index (χ4v) is 8.80. The van der Waals surface area contributed by atoms with Crippen LogP contribution in [0.1, 0.15) is 0 Å². The highest BCUT2D eigenvalue weighted by molar-refractivity contribution is 6.25. The van der Waals surface area contributed by atoms with Crippen LogP contribution in [-0.4, -0.2) is 0 Å². The third-order valence-corrected chi connectivity index (χ3v) is 11.5. The lowest BCUT2D eigenvalue weighted by Crippen LogP contribution is -2.10. The lowest BCUT2D eigenvalue weighted by atomic mass is 9.98. The van der Waals surface area contributed by atoms with Gasteiger partial charge in [0.15, 0.2) is 5.58 Å². The van der Waals surface area contributed by atoms with E-state index in [0.717, 1.165) is 111 Å². The molecule has 0 fully saturated rings. The molecule has 0 aliphatic carbocycles. The van der Waals surface area contributed by atoms with Gasteiger partial charge in [0.05, 0.1) is 11.1 Å². The van der Waals surface area contributed by atoms with Crippen molar-refractivity contribution in [3.05, 3.63) is 200 Å². The number of benzene rings is 9. The Balaban J connectivity index is 1.03. The first-order valence-corrected chi connectivity index (χ1v) is 19.6. The van der Waals surface area contributed by atoms with Gasteiger partial charge in [-0.15, -0.1) is 0 Å². The number of anilines is 3. The van der Waals surface area contributed by atoms with Crippen LogP contribution in [0.4, 0.5) is 17.1 Å². The quantitative estimate of drug-likeness (QED) is 0.170. The van der Waals surface area contributed by atoms with Gasteiger partial charge in [-0.2, -0.15) is 0 Å². The summed E-state index contributed by atoms with van der Waals surface area (Å²) in [4.78, 5) is 2.30. The highest BCUT2D eigenvalue weighted by Gasteiger charge is 2.22. The molecular weight excluding hydrogens is 711 g/mol. The van der Waals surface area contributed by atoms with Crippen LogP contribution in [0, 0.1) is 0 Å². The van der Waals surface area contributed by atoms with Crippen LogP contribution in [-0.2, 0) is 0 Å². The van der Waals surface area contributed by atoms with Crippen LogP contribution in [0.2, 0.25) is 0 Å². The summed E-state index contributed by atoms with van der Waals surface area (Å²) in [6, 6.07) is 70.1. The minimum absolute atomic E-state index is 0.810. The molecule has 12 aromatic rings. The molecule has 0 radical (unpaired) electrons. The number of furan rings is 3. The van der Waals surface area contributed by atoms with E-state index in [0.29, 0.717) is 0 Å². The molecule has 0 N–H and O–H groups in total. The van der Waals surface area contributed by atoms with E-state index >= 15 is 0 Å². The number of hydrogen-bond acceptors (Lipinski definition) is 4. The molecule has 272 valence electrons. The summed E-state index contributed by atoms with van der Waals surface area (Å²) < 4.78 is 19.9. The van der Waals surface area contributed by atoms with E-state index in [1.165, 1.54) is 5.56 Å². The van der Waals surface area contributed by atoms with Gasteiger partial charge in [-0.05, 0) is 82.4 Å². The maximum Gasteiger partial charge on any atom is 0.159 e. The number of nitrogens with zero attached hydrogens (tertiary/aromatic N) is 1. The summed E-state index contributed by atoms with van der Waals surface area (Å²) in [5, 5.41) is 6.39. The second kappa shape index (κ2) is 12.9. The van der Waals surface area contributed by atoms with Crippen molar-refractivity contribution in [2.24, 2.45) is 0 Å². The van der Waals surface area contributed by atoms with E-state index in [-0.39, 0.29) is 0 Å². The first-order chi connectivity index (χ1) is 28.8. The average Bonchev–Trinajstić information content (AvgIpc) is 3.99. The summed E-state index contributed by atoms with van der Waals surface area (Å²) in [7, 11) is 0. The zero-order valence-electron chi connectivity index (χ0n) is 31.2. The van der Waals surface area contributed by atoms with Gasteiger partial charge in [0.1, 0.15) is 27.9 Å². The SMILES string of the molecule is c1ccc(-c2ccc(N(c3ccc(-c4cccc5oc6ccc7c8ccccc8oc7c6c45)cc3)c3cccc4c3oc3c(-c5ccccc5)cccc34)cc2)cc1. The van der Waals surface area contributed by atoms with Crippen molar-refractivity contribution in [3.8, 4) is 33.4 Å². The molecule has 3 heterocycles. The largest absolute Gasteiger partial charge is 0.456 e. The summed E-state index contributed by atoms with van der Waals surface area (Å²) in [5.74, 6) is 0. The first kappa shape index (κ1) is 32.4. The summed E-state index contributed by atoms with van der Waals surface area (Å²) >= 11 is 0.